The van der Waals surface area contributed by atoms with Gasteiger partial charge in [0.1, 0.15) is 0 Å². The zero-order valence-corrected chi connectivity index (χ0v) is 11.9. The van der Waals surface area contributed by atoms with Gasteiger partial charge in [-0.25, -0.2) is 0 Å². The molecule has 0 fully saturated rings. The van der Waals surface area contributed by atoms with Crippen molar-refractivity contribution in [1.29, 1.82) is 0 Å². The van der Waals surface area contributed by atoms with Crippen LogP contribution in [0.2, 0.25) is 0 Å². The van der Waals surface area contributed by atoms with E-state index in [0.29, 0.717) is 12.3 Å². The molecule has 0 heterocycles. The molecule has 0 aliphatic heterocycles. The fraction of sp³-hybridized carbons (Fsp3) is 0.500. The number of amides is 1. The van der Waals surface area contributed by atoms with Crippen LogP contribution in [-0.2, 0) is 11.3 Å². The maximum atomic E-state index is 11.7. The minimum atomic E-state index is -0.286. The van der Waals surface area contributed by atoms with E-state index in [1.807, 2.05) is 19.9 Å². The van der Waals surface area contributed by atoms with Crippen LogP contribution in [0.5, 0.6) is 11.5 Å². The first-order valence-electron chi connectivity index (χ1n) is 6.33. The monoisotopic (exact) mass is 266 g/mol. The van der Waals surface area contributed by atoms with E-state index in [4.69, 9.17) is 4.74 Å². The first-order valence-corrected chi connectivity index (χ1v) is 6.33. The van der Waals surface area contributed by atoms with Crippen LogP contribution < -0.4 is 15.4 Å². The number of carbonyl (C=O) groups is 1. The Morgan fingerprint density at radius 2 is 2.05 bits per heavy atom. The second kappa shape index (κ2) is 6.99. The van der Waals surface area contributed by atoms with E-state index in [0.717, 1.165) is 5.56 Å². The van der Waals surface area contributed by atoms with Gasteiger partial charge < -0.3 is 20.5 Å². The molecule has 1 unspecified atom stereocenters. The van der Waals surface area contributed by atoms with Crippen LogP contribution in [0.4, 0.5) is 0 Å². The van der Waals surface area contributed by atoms with E-state index < -0.39 is 0 Å². The van der Waals surface area contributed by atoms with Gasteiger partial charge in [0.25, 0.3) is 0 Å². The van der Waals surface area contributed by atoms with Crippen molar-refractivity contribution < 1.29 is 14.6 Å². The highest BCUT2D eigenvalue weighted by Gasteiger charge is 2.13. The number of rotatable bonds is 6. The smallest absolute Gasteiger partial charge is 0.237 e. The average molecular weight is 266 g/mol. The van der Waals surface area contributed by atoms with Crippen molar-refractivity contribution in [3.05, 3.63) is 23.8 Å². The van der Waals surface area contributed by atoms with Gasteiger partial charge in [0.05, 0.1) is 13.2 Å². The van der Waals surface area contributed by atoms with Crippen molar-refractivity contribution in [2.24, 2.45) is 0 Å². The Kier molecular flexibility index (Phi) is 5.63. The first-order chi connectivity index (χ1) is 8.93. The second-order valence-corrected chi connectivity index (χ2v) is 4.77. The molecule has 0 aliphatic carbocycles. The Hall–Kier alpha value is -1.75. The lowest BCUT2D eigenvalue weighted by Gasteiger charge is -2.16. The van der Waals surface area contributed by atoms with Crippen molar-refractivity contribution in [3.8, 4) is 11.5 Å². The molecule has 0 saturated carbocycles. The fourth-order valence-corrected chi connectivity index (χ4v) is 1.62. The Morgan fingerprint density at radius 3 is 2.58 bits per heavy atom. The summed E-state index contributed by atoms with van der Waals surface area (Å²) in [5.74, 6) is 0.503. The van der Waals surface area contributed by atoms with Crippen LogP contribution in [0.3, 0.4) is 0 Å². The summed E-state index contributed by atoms with van der Waals surface area (Å²) >= 11 is 0. The highest BCUT2D eigenvalue weighted by Crippen LogP contribution is 2.26. The van der Waals surface area contributed by atoms with Crippen molar-refractivity contribution in [3.63, 3.8) is 0 Å². The summed E-state index contributed by atoms with van der Waals surface area (Å²) < 4.78 is 4.97. The summed E-state index contributed by atoms with van der Waals surface area (Å²) in [6.07, 6.45) is 0. The lowest BCUT2D eigenvalue weighted by atomic mass is 10.2. The Labute approximate surface area is 114 Å². The van der Waals surface area contributed by atoms with Crippen molar-refractivity contribution in [2.45, 2.75) is 39.4 Å². The average Bonchev–Trinajstić information content (AvgIpc) is 2.35. The second-order valence-electron chi connectivity index (χ2n) is 4.77. The van der Waals surface area contributed by atoms with Gasteiger partial charge >= 0.3 is 0 Å². The third-order valence-electron chi connectivity index (χ3n) is 2.68. The van der Waals surface area contributed by atoms with Gasteiger partial charge in [-0.05, 0) is 38.5 Å². The van der Waals surface area contributed by atoms with Crippen molar-refractivity contribution in [2.75, 3.05) is 7.11 Å². The number of phenols is 1. The maximum absolute atomic E-state index is 11.7. The number of aromatic hydroxyl groups is 1. The molecule has 106 valence electrons. The number of hydrogen-bond donors (Lipinski definition) is 3. The predicted molar refractivity (Wildman–Crippen MR) is 74.2 cm³/mol. The van der Waals surface area contributed by atoms with Gasteiger partial charge in [-0.2, -0.15) is 0 Å². The molecule has 0 radical (unpaired) electrons. The summed E-state index contributed by atoms with van der Waals surface area (Å²) in [5.41, 5.74) is 0.891. The van der Waals surface area contributed by atoms with E-state index >= 15 is 0 Å². The molecule has 0 saturated heterocycles. The molecule has 1 aromatic rings. The van der Waals surface area contributed by atoms with Gasteiger partial charge in [-0.3, -0.25) is 4.79 Å². The minimum absolute atomic E-state index is 0.0345. The van der Waals surface area contributed by atoms with Crippen LogP contribution in [0.15, 0.2) is 18.2 Å². The summed E-state index contributed by atoms with van der Waals surface area (Å²) in [6, 6.07) is 5.01. The highest BCUT2D eigenvalue weighted by atomic mass is 16.5. The third kappa shape index (κ3) is 4.79. The largest absolute Gasteiger partial charge is 0.504 e. The first kappa shape index (κ1) is 15.3. The number of phenolic OH excluding ortho intramolecular Hbond substituents is 1. The Balaban J connectivity index is 2.52. The molecule has 0 aliphatic rings. The molecule has 1 amide bonds. The number of benzene rings is 1. The Morgan fingerprint density at radius 1 is 1.37 bits per heavy atom. The molecule has 0 bridgehead atoms. The Bertz CT molecular complexity index is 433. The molecule has 0 aromatic heterocycles. The molecule has 1 aromatic carbocycles. The molecular weight excluding hydrogens is 244 g/mol. The maximum Gasteiger partial charge on any atom is 0.237 e. The molecule has 5 heteroatoms. The molecular formula is C14H22N2O3. The molecule has 1 rings (SSSR count). The summed E-state index contributed by atoms with van der Waals surface area (Å²) in [6.45, 7) is 6.16. The fourth-order valence-electron chi connectivity index (χ4n) is 1.62. The van der Waals surface area contributed by atoms with Crippen LogP contribution in [0.25, 0.3) is 0 Å². The zero-order chi connectivity index (χ0) is 14.4. The van der Waals surface area contributed by atoms with Gasteiger partial charge in [-0.1, -0.05) is 6.07 Å². The molecule has 3 N–H and O–H groups in total. The van der Waals surface area contributed by atoms with E-state index in [-0.39, 0.29) is 23.7 Å². The van der Waals surface area contributed by atoms with E-state index in [1.165, 1.54) is 7.11 Å². The summed E-state index contributed by atoms with van der Waals surface area (Å²) in [4.78, 5) is 11.7. The van der Waals surface area contributed by atoms with Gasteiger partial charge in [0, 0.05) is 12.6 Å². The topological polar surface area (TPSA) is 70.6 Å². The van der Waals surface area contributed by atoms with Gasteiger partial charge in [0.15, 0.2) is 11.5 Å². The number of methoxy groups -OCH3 is 1. The lowest BCUT2D eigenvalue weighted by Crippen LogP contribution is -2.44. The van der Waals surface area contributed by atoms with Crippen molar-refractivity contribution >= 4 is 5.91 Å². The summed E-state index contributed by atoms with van der Waals surface area (Å²) in [7, 11) is 1.51. The zero-order valence-electron chi connectivity index (χ0n) is 11.9. The molecule has 5 nitrogen and oxygen atoms in total. The molecule has 0 spiro atoms. The van der Waals surface area contributed by atoms with E-state index in [1.54, 1.807) is 19.1 Å². The van der Waals surface area contributed by atoms with Crippen molar-refractivity contribution in [1.82, 2.24) is 10.6 Å². The SMILES string of the molecule is COc1ccc(CNC(C)C(=O)NC(C)C)cc1O. The number of hydrogen-bond acceptors (Lipinski definition) is 4. The van der Waals surface area contributed by atoms with Crippen LogP contribution in [0.1, 0.15) is 26.3 Å². The van der Waals surface area contributed by atoms with E-state index in [2.05, 4.69) is 10.6 Å². The number of nitrogens with one attached hydrogen (secondary N) is 2. The van der Waals surface area contributed by atoms with Gasteiger partial charge in [0.2, 0.25) is 5.91 Å². The predicted octanol–water partition coefficient (Wildman–Crippen LogP) is 1.40. The molecule has 19 heavy (non-hydrogen) atoms. The lowest BCUT2D eigenvalue weighted by molar-refractivity contribution is -0.123. The summed E-state index contributed by atoms with van der Waals surface area (Å²) in [5, 5.41) is 15.6. The minimum Gasteiger partial charge on any atom is -0.504 e. The van der Waals surface area contributed by atoms with Crippen LogP contribution >= 0.6 is 0 Å². The quantitative estimate of drug-likeness (QED) is 0.728. The number of ether oxygens (including phenoxy) is 1. The van der Waals surface area contributed by atoms with Crippen LogP contribution in [0, 0.1) is 0 Å². The normalized spacial score (nSPS) is 12.3. The van der Waals surface area contributed by atoms with Crippen LogP contribution in [-0.4, -0.2) is 30.2 Å². The van der Waals surface area contributed by atoms with Gasteiger partial charge in [-0.15, -0.1) is 0 Å². The highest BCUT2D eigenvalue weighted by molar-refractivity contribution is 5.81. The third-order valence-corrected chi connectivity index (χ3v) is 2.68. The van der Waals surface area contributed by atoms with E-state index in [9.17, 15) is 9.90 Å². The molecule has 1 atom stereocenters. The number of carbonyl (C=O) groups excluding carboxylic acids is 1. The standard InChI is InChI=1S/C14H22N2O3/c1-9(2)16-14(18)10(3)15-8-11-5-6-13(19-4)12(17)7-11/h5-7,9-10,15,17H,8H2,1-4H3,(H,16,18).